The van der Waals surface area contributed by atoms with Crippen LogP contribution in [0.2, 0.25) is 15.1 Å². The number of nitrogens with zero attached hydrogens (tertiary/aromatic N) is 3. The van der Waals surface area contributed by atoms with Gasteiger partial charge in [-0.1, -0.05) is 83.3 Å². The van der Waals surface area contributed by atoms with Crippen LogP contribution in [-0.2, 0) is 36.1 Å². The molecule has 58 heavy (non-hydrogen) atoms. The molecule has 4 aromatic carbocycles. The van der Waals surface area contributed by atoms with Crippen molar-refractivity contribution in [2.75, 3.05) is 10.6 Å². The Morgan fingerprint density at radius 3 is 1.86 bits per heavy atom. The number of nitrogens with two attached hydrogens (primary N) is 2. The molecule has 0 aliphatic carbocycles. The lowest BCUT2D eigenvalue weighted by atomic mass is 10.1. The Bertz CT molecular complexity index is 2720. The highest BCUT2D eigenvalue weighted by atomic mass is 35.5. The first-order chi connectivity index (χ1) is 27.3. The van der Waals surface area contributed by atoms with Crippen molar-refractivity contribution >= 4 is 78.0 Å². The fourth-order valence-corrected chi connectivity index (χ4v) is 7.54. The normalized spacial score (nSPS) is 12.0. The van der Waals surface area contributed by atoms with E-state index >= 15 is 0 Å². The van der Waals surface area contributed by atoms with Crippen LogP contribution in [0.4, 0.5) is 20.2 Å². The summed E-state index contributed by atoms with van der Waals surface area (Å²) in [6, 6.07) is 22.8. The highest BCUT2D eigenvalue weighted by Crippen LogP contribution is 2.32. The summed E-state index contributed by atoms with van der Waals surface area (Å²) in [4.78, 5) is 28.1. The van der Waals surface area contributed by atoms with Crippen molar-refractivity contribution in [3.63, 3.8) is 0 Å². The quantitative estimate of drug-likeness (QED) is 0.0920. The number of benzene rings is 4. The summed E-state index contributed by atoms with van der Waals surface area (Å²) < 4.78 is 74.1. The Morgan fingerprint density at radius 1 is 0.741 bits per heavy atom. The number of aliphatic hydroxyl groups is 1. The summed E-state index contributed by atoms with van der Waals surface area (Å²) in [7, 11) is -8.35. The van der Waals surface area contributed by atoms with Crippen molar-refractivity contribution in [1.29, 1.82) is 0 Å². The maximum Gasteiger partial charge on any atom is 0.333 e. The molecule has 0 saturated heterocycles. The summed E-state index contributed by atoms with van der Waals surface area (Å²) in [5, 5.41) is 30.4. The second kappa shape index (κ2) is 18.5. The number of halogens is 5. The van der Waals surface area contributed by atoms with E-state index in [0.29, 0.717) is 37.1 Å². The molecule has 0 bridgehead atoms. The maximum atomic E-state index is 12.8. The first-order valence-electron chi connectivity index (χ1n) is 16.4. The number of hydrogen-bond donors (Lipinski definition) is 5. The monoisotopic (exact) mass is 891 g/mol. The van der Waals surface area contributed by atoms with Crippen molar-refractivity contribution < 1.29 is 40.3 Å². The lowest BCUT2D eigenvalue weighted by Crippen LogP contribution is -2.21. The number of nitrogens with one attached hydrogen (secondary N) is 2. The first-order valence-corrected chi connectivity index (χ1v) is 20.6. The molecule has 7 N–H and O–H groups in total. The number of primary sulfonamides is 2. The Labute approximate surface area is 345 Å². The van der Waals surface area contributed by atoms with Crippen molar-refractivity contribution in [2.45, 2.75) is 28.9 Å². The maximum absolute atomic E-state index is 12.8. The molecule has 0 spiro atoms. The fourth-order valence-electron chi connectivity index (χ4n) is 5.36. The number of alkyl halides is 2. The number of carbonyl (C=O) groups excluding carboxylic acids is 2. The van der Waals surface area contributed by atoms with E-state index in [2.05, 4.69) is 20.7 Å². The van der Waals surface area contributed by atoms with E-state index in [1.54, 1.807) is 48.5 Å². The van der Waals surface area contributed by atoms with Crippen molar-refractivity contribution in [2.24, 2.45) is 10.3 Å². The van der Waals surface area contributed by atoms with E-state index < -0.39 is 43.5 Å². The average molecular weight is 893 g/mol. The SMILES string of the molecule is NS(=O)(=O)c1cc(NC(=O)C(O)c2ccccc2Cl)ccc1-c1cnn(C(F)F)c1.NS(=O)(=O)c1cc(NC(=O)Cc2ccccc2Cl)ccc1-c1cncc(Cl)c1. The van der Waals surface area contributed by atoms with E-state index in [1.165, 1.54) is 48.8 Å². The first kappa shape index (κ1) is 43.8. The van der Waals surface area contributed by atoms with Gasteiger partial charge >= 0.3 is 6.55 Å². The number of carbonyl (C=O) groups is 2. The summed E-state index contributed by atoms with van der Waals surface area (Å²) in [6.45, 7) is -2.90. The summed E-state index contributed by atoms with van der Waals surface area (Å²) in [5.41, 5.74) is 2.07. The number of pyridine rings is 1. The van der Waals surface area contributed by atoms with E-state index in [9.17, 15) is 40.3 Å². The number of anilines is 2. The lowest BCUT2D eigenvalue weighted by molar-refractivity contribution is -0.124. The summed E-state index contributed by atoms with van der Waals surface area (Å²) in [6.07, 6.45) is 3.38. The minimum Gasteiger partial charge on any atom is -0.378 e. The van der Waals surface area contributed by atoms with Gasteiger partial charge in [-0.25, -0.2) is 31.8 Å². The van der Waals surface area contributed by atoms with Gasteiger partial charge in [0.25, 0.3) is 5.91 Å². The third-order valence-electron chi connectivity index (χ3n) is 8.01. The van der Waals surface area contributed by atoms with E-state index in [4.69, 9.17) is 45.1 Å². The molecule has 0 saturated carbocycles. The molecule has 0 fully saturated rings. The van der Waals surface area contributed by atoms with Crippen molar-refractivity contribution in [3.05, 3.63) is 142 Å². The van der Waals surface area contributed by atoms with Gasteiger partial charge in [0, 0.05) is 67.8 Å². The van der Waals surface area contributed by atoms with Crippen LogP contribution in [0, 0.1) is 0 Å². The van der Waals surface area contributed by atoms with Crippen LogP contribution in [0.15, 0.2) is 126 Å². The average Bonchev–Trinajstić information content (AvgIpc) is 3.66. The molecule has 1 unspecified atom stereocenters. The van der Waals surface area contributed by atoms with Crippen LogP contribution >= 0.6 is 34.8 Å². The van der Waals surface area contributed by atoms with E-state index in [1.807, 2.05) is 0 Å². The van der Waals surface area contributed by atoms with Gasteiger partial charge in [0.15, 0.2) is 6.10 Å². The second-order valence-corrected chi connectivity index (χ2v) is 16.4. The van der Waals surface area contributed by atoms with Gasteiger partial charge in [0.1, 0.15) is 0 Å². The Balaban J connectivity index is 0.000000221. The zero-order valence-corrected chi connectivity index (χ0v) is 33.3. The Kier molecular flexibility index (Phi) is 14.0. The molecule has 0 aliphatic rings. The van der Waals surface area contributed by atoms with Gasteiger partial charge < -0.3 is 15.7 Å². The molecule has 2 heterocycles. The van der Waals surface area contributed by atoms with Crippen LogP contribution in [0.1, 0.15) is 23.8 Å². The molecule has 0 radical (unpaired) electrons. The van der Waals surface area contributed by atoms with Gasteiger partial charge in [-0.05, 0) is 48.0 Å². The van der Waals surface area contributed by atoms with Gasteiger partial charge in [-0.3, -0.25) is 14.6 Å². The predicted molar refractivity (Wildman–Crippen MR) is 215 cm³/mol. The Morgan fingerprint density at radius 2 is 1.31 bits per heavy atom. The number of aromatic nitrogens is 3. The lowest BCUT2D eigenvalue weighted by Gasteiger charge is -2.14. The standard InChI is InChI=1S/C19H15Cl2N3O3S.C18H15ClF2N4O4S/c20-14-7-13(10-23-11-14)16-6-5-15(9-18(16)28(22,26)27)24-19(25)8-12-3-1-2-4-17(12)21;19-14-4-2-1-3-13(14)16(26)17(27)24-11-5-6-12(15(7-11)30(22,28)29)10-8-23-25(9-10)18(20)21/h1-7,9-11H,8H2,(H,24,25)(H2,22,26,27);1-9,16,18,26H,(H,24,27)(H2,22,28,29). The molecule has 2 amide bonds. The molecule has 0 aliphatic heterocycles. The molecular weight excluding hydrogens is 863 g/mol. The van der Waals surface area contributed by atoms with E-state index in [0.717, 1.165) is 18.5 Å². The van der Waals surface area contributed by atoms with Crippen LogP contribution in [0.3, 0.4) is 0 Å². The zero-order chi connectivity index (χ0) is 42.4. The highest BCUT2D eigenvalue weighted by molar-refractivity contribution is 7.89. The number of hydrogen-bond acceptors (Lipinski definition) is 9. The molecule has 2 aromatic heterocycles. The number of amides is 2. The molecule has 14 nitrogen and oxygen atoms in total. The third-order valence-corrected chi connectivity index (χ3v) is 10.8. The summed E-state index contributed by atoms with van der Waals surface area (Å²) >= 11 is 18.0. The molecule has 1 atom stereocenters. The molecule has 21 heteroatoms. The number of aliphatic hydroxyl groups excluding tert-OH is 1. The number of sulfonamides is 2. The molecule has 6 rings (SSSR count). The highest BCUT2D eigenvalue weighted by Gasteiger charge is 2.23. The van der Waals surface area contributed by atoms with Crippen LogP contribution < -0.4 is 20.9 Å². The van der Waals surface area contributed by atoms with Crippen molar-refractivity contribution in [1.82, 2.24) is 14.8 Å². The van der Waals surface area contributed by atoms with Crippen LogP contribution in [0.25, 0.3) is 22.3 Å². The third kappa shape index (κ3) is 11.2. The van der Waals surface area contributed by atoms with Crippen LogP contribution in [-0.4, -0.2) is 48.5 Å². The van der Waals surface area contributed by atoms with E-state index in [-0.39, 0.29) is 44.6 Å². The molecular formula is C37H30Cl3F2N7O7S2. The molecule has 302 valence electrons. The zero-order valence-electron chi connectivity index (χ0n) is 29.4. The van der Waals surface area contributed by atoms with Crippen molar-refractivity contribution in [3.8, 4) is 22.3 Å². The van der Waals surface area contributed by atoms with Gasteiger partial charge in [0.05, 0.1) is 27.4 Å². The smallest absolute Gasteiger partial charge is 0.333 e. The minimum absolute atomic E-state index is 0.0140. The fraction of sp³-hybridized carbons (Fsp3) is 0.0811. The van der Waals surface area contributed by atoms with Gasteiger partial charge in [-0.2, -0.15) is 13.9 Å². The second-order valence-electron chi connectivity index (χ2n) is 12.1. The van der Waals surface area contributed by atoms with Crippen LogP contribution in [0.5, 0.6) is 0 Å². The number of rotatable bonds is 11. The van der Waals surface area contributed by atoms with Gasteiger partial charge in [-0.15, -0.1) is 0 Å². The minimum atomic E-state index is -4.29. The topological polar surface area (TPSA) is 229 Å². The molecule has 6 aromatic rings. The Hall–Kier alpha value is -5.31. The largest absolute Gasteiger partial charge is 0.378 e. The van der Waals surface area contributed by atoms with Gasteiger partial charge in [0.2, 0.25) is 26.0 Å². The summed E-state index contributed by atoms with van der Waals surface area (Å²) in [5.74, 6) is -1.20. The predicted octanol–water partition coefficient (Wildman–Crippen LogP) is 6.80.